The number of hydrogen-bond acceptors (Lipinski definition) is 2. The lowest BCUT2D eigenvalue weighted by Crippen LogP contribution is -2.30. The van der Waals surface area contributed by atoms with Crippen molar-refractivity contribution in [3.8, 4) is 0 Å². The van der Waals surface area contributed by atoms with E-state index in [1.807, 2.05) is 6.20 Å². The van der Waals surface area contributed by atoms with Gasteiger partial charge in [0.25, 0.3) is 0 Å². The van der Waals surface area contributed by atoms with E-state index in [-0.39, 0.29) is 0 Å². The molecule has 0 saturated heterocycles. The lowest BCUT2D eigenvalue weighted by molar-refractivity contribution is 0.382. The number of halogens is 1. The maximum atomic E-state index is 4.38. The molecule has 0 radical (unpaired) electrons. The van der Waals surface area contributed by atoms with Gasteiger partial charge in [0.15, 0.2) is 0 Å². The van der Waals surface area contributed by atoms with Crippen molar-refractivity contribution in [1.29, 1.82) is 0 Å². The van der Waals surface area contributed by atoms with Crippen LogP contribution in [0.1, 0.15) is 39.7 Å². The minimum Gasteiger partial charge on any atom is -0.312 e. The van der Waals surface area contributed by atoms with E-state index in [0.29, 0.717) is 12.1 Å². The maximum absolute atomic E-state index is 4.38. The molecule has 0 aliphatic carbocycles. The molecular formula is C11H20IN3. The number of rotatable bonds is 6. The molecule has 1 atom stereocenters. The average Bonchev–Trinajstić information content (AvgIpc) is 2.59. The van der Waals surface area contributed by atoms with Gasteiger partial charge in [-0.05, 0) is 29.0 Å². The zero-order chi connectivity index (χ0) is 11.3. The maximum Gasteiger partial charge on any atom is 0.0644 e. The fourth-order valence-corrected chi connectivity index (χ4v) is 1.96. The van der Waals surface area contributed by atoms with Crippen molar-refractivity contribution in [3.63, 3.8) is 0 Å². The zero-order valence-electron chi connectivity index (χ0n) is 9.70. The van der Waals surface area contributed by atoms with E-state index in [2.05, 4.69) is 64.7 Å². The van der Waals surface area contributed by atoms with Crippen molar-refractivity contribution in [2.45, 2.75) is 45.7 Å². The van der Waals surface area contributed by atoms with Crippen LogP contribution in [-0.2, 0) is 0 Å². The third kappa shape index (κ3) is 4.51. The lowest BCUT2D eigenvalue weighted by atomic mass is 10.1. The Labute approximate surface area is 106 Å². The molecule has 0 saturated carbocycles. The first-order valence-corrected chi connectivity index (χ1v) is 6.64. The minimum atomic E-state index is 0.487. The molecule has 0 aliphatic heterocycles. The minimum absolute atomic E-state index is 0.487. The van der Waals surface area contributed by atoms with Gasteiger partial charge in [-0.3, -0.25) is 4.68 Å². The van der Waals surface area contributed by atoms with Gasteiger partial charge in [-0.2, -0.15) is 5.10 Å². The molecule has 1 N–H and O–H groups in total. The van der Waals surface area contributed by atoms with Gasteiger partial charge in [0.1, 0.15) is 0 Å². The second-order valence-electron chi connectivity index (χ2n) is 4.14. The van der Waals surface area contributed by atoms with E-state index >= 15 is 0 Å². The summed E-state index contributed by atoms with van der Waals surface area (Å²) in [5.41, 5.74) is 0. The first-order chi connectivity index (χ1) is 7.13. The Morgan fingerprint density at radius 2 is 2.27 bits per heavy atom. The van der Waals surface area contributed by atoms with Gasteiger partial charge in [-0.1, -0.05) is 27.2 Å². The molecule has 1 aromatic rings. The number of hydrogen-bond donors (Lipinski definition) is 1. The van der Waals surface area contributed by atoms with Crippen molar-refractivity contribution < 1.29 is 0 Å². The Bertz CT molecular complexity index is 283. The molecule has 1 heterocycles. The number of nitrogens with one attached hydrogen (secondary N) is 1. The fraction of sp³-hybridized carbons (Fsp3) is 0.727. The molecule has 0 bridgehead atoms. The second kappa shape index (κ2) is 6.48. The molecule has 86 valence electrons. The van der Waals surface area contributed by atoms with Gasteiger partial charge < -0.3 is 5.32 Å². The smallest absolute Gasteiger partial charge is 0.0644 e. The van der Waals surface area contributed by atoms with Crippen molar-refractivity contribution in [3.05, 3.63) is 16.0 Å². The van der Waals surface area contributed by atoms with Gasteiger partial charge in [-0.25, -0.2) is 0 Å². The van der Waals surface area contributed by atoms with Crippen LogP contribution in [0.25, 0.3) is 0 Å². The predicted molar refractivity (Wildman–Crippen MR) is 72.0 cm³/mol. The van der Waals surface area contributed by atoms with E-state index in [0.717, 1.165) is 6.54 Å². The topological polar surface area (TPSA) is 29.9 Å². The third-order valence-electron chi connectivity index (χ3n) is 2.33. The normalized spacial score (nSPS) is 13.4. The number of nitrogens with zero attached hydrogens (tertiary/aromatic N) is 2. The van der Waals surface area contributed by atoms with E-state index in [1.54, 1.807) is 0 Å². The van der Waals surface area contributed by atoms with Crippen molar-refractivity contribution in [2.75, 3.05) is 6.54 Å². The summed E-state index contributed by atoms with van der Waals surface area (Å²) in [6.45, 7) is 7.58. The Hall–Kier alpha value is -0.100. The van der Waals surface area contributed by atoms with Crippen molar-refractivity contribution in [1.82, 2.24) is 15.1 Å². The van der Waals surface area contributed by atoms with Gasteiger partial charge in [0, 0.05) is 18.8 Å². The van der Waals surface area contributed by atoms with Crippen LogP contribution in [0, 0.1) is 3.57 Å². The summed E-state index contributed by atoms with van der Waals surface area (Å²) in [5.74, 6) is 0. The summed E-state index contributed by atoms with van der Waals surface area (Å²) >= 11 is 2.30. The third-order valence-corrected chi connectivity index (χ3v) is 2.88. The summed E-state index contributed by atoms with van der Waals surface area (Å²) < 4.78 is 3.29. The van der Waals surface area contributed by atoms with E-state index in [4.69, 9.17) is 0 Å². The highest BCUT2D eigenvalue weighted by molar-refractivity contribution is 14.1. The number of aromatic nitrogens is 2. The molecule has 0 aromatic carbocycles. The molecule has 0 aliphatic rings. The van der Waals surface area contributed by atoms with Gasteiger partial charge in [0.05, 0.1) is 15.8 Å². The van der Waals surface area contributed by atoms with Crippen LogP contribution in [0.4, 0.5) is 0 Å². The van der Waals surface area contributed by atoms with Crippen LogP contribution in [0.5, 0.6) is 0 Å². The molecule has 15 heavy (non-hydrogen) atoms. The highest BCUT2D eigenvalue weighted by Crippen LogP contribution is 2.14. The van der Waals surface area contributed by atoms with E-state index in [1.165, 1.54) is 16.4 Å². The van der Waals surface area contributed by atoms with Crippen molar-refractivity contribution >= 4 is 22.6 Å². The summed E-state index contributed by atoms with van der Waals surface area (Å²) in [4.78, 5) is 0. The Kier molecular flexibility index (Phi) is 5.60. The Morgan fingerprint density at radius 1 is 1.53 bits per heavy atom. The average molecular weight is 321 g/mol. The standard InChI is InChI=1S/C11H20IN3/c1-4-5-11(7-13-9(2)3)15-8-10(12)6-14-15/h6,8-9,11,13H,4-5,7H2,1-3H3. The zero-order valence-corrected chi connectivity index (χ0v) is 11.9. The molecule has 0 fully saturated rings. The van der Waals surface area contributed by atoms with Crippen LogP contribution in [0.2, 0.25) is 0 Å². The van der Waals surface area contributed by atoms with E-state index < -0.39 is 0 Å². The highest BCUT2D eigenvalue weighted by atomic mass is 127. The summed E-state index contributed by atoms with van der Waals surface area (Å²) in [5, 5.41) is 7.86. The van der Waals surface area contributed by atoms with Crippen LogP contribution in [0.15, 0.2) is 12.4 Å². The van der Waals surface area contributed by atoms with Crippen LogP contribution < -0.4 is 5.32 Å². The SMILES string of the molecule is CCCC(CNC(C)C)n1cc(I)cn1. The molecular weight excluding hydrogens is 301 g/mol. The van der Waals surface area contributed by atoms with E-state index in [9.17, 15) is 0 Å². The molecule has 3 nitrogen and oxygen atoms in total. The second-order valence-corrected chi connectivity index (χ2v) is 5.39. The first kappa shape index (κ1) is 13.0. The monoisotopic (exact) mass is 321 g/mol. The first-order valence-electron chi connectivity index (χ1n) is 5.56. The van der Waals surface area contributed by atoms with Crippen LogP contribution >= 0.6 is 22.6 Å². The van der Waals surface area contributed by atoms with Crippen LogP contribution in [0.3, 0.4) is 0 Å². The quantitative estimate of drug-likeness (QED) is 0.817. The molecule has 1 aromatic heterocycles. The van der Waals surface area contributed by atoms with Crippen LogP contribution in [-0.4, -0.2) is 22.4 Å². The van der Waals surface area contributed by atoms with Gasteiger partial charge in [0.2, 0.25) is 0 Å². The predicted octanol–water partition coefficient (Wildman–Crippen LogP) is 2.83. The Morgan fingerprint density at radius 3 is 2.73 bits per heavy atom. The molecule has 4 heteroatoms. The van der Waals surface area contributed by atoms with Crippen molar-refractivity contribution in [2.24, 2.45) is 0 Å². The molecule has 1 rings (SSSR count). The lowest BCUT2D eigenvalue weighted by Gasteiger charge is -2.19. The molecule has 1 unspecified atom stereocenters. The highest BCUT2D eigenvalue weighted by Gasteiger charge is 2.11. The fourth-order valence-electron chi connectivity index (χ4n) is 1.55. The molecule has 0 spiro atoms. The Balaban J connectivity index is 2.57. The van der Waals surface area contributed by atoms with Gasteiger partial charge in [-0.15, -0.1) is 0 Å². The molecule has 0 amide bonds. The summed E-state index contributed by atoms with van der Waals surface area (Å²) in [6.07, 6.45) is 6.40. The van der Waals surface area contributed by atoms with Gasteiger partial charge >= 0.3 is 0 Å². The summed E-state index contributed by atoms with van der Waals surface area (Å²) in [7, 11) is 0. The largest absolute Gasteiger partial charge is 0.312 e. The summed E-state index contributed by atoms with van der Waals surface area (Å²) in [6, 6.07) is 1.03.